The van der Waals surface area contributed by atoms with Gasteiger partial charge in [-0.05, 0) is 31.2 Å². The number of anilines is 1. The average Bonchev–Trinajstić information content (AvgIpc) is 3.06. The van der Waals surface area contributed by atoms with Crippen LogP contribution in [0.15, 0.2) is 53.2 Å². The Balaban J connectivity index is 1.74. The Kier molecular flexibility index (Phi) is 5.02. The summed E-state index contributed by atoms with van der Waals surface area (Å²) in [6.07, 6.45) is 1.54. The lowest BCUT2D eigenvalue weighted by molar-refractivity contribution is 0.0775. The van der Waals surface area contributed by atoms with Crippen molar-refractivity contribution >= 4 is 11.7 Å². The Labute approximate surface area is 153 Å². The molecular weight excluding hydrogens is 328 g/mol. The van der Waals surface area contributed by atoms with Crippen LogP contribution in [0.2, 0.25) is 0 Å². The second-order valence-electron chi connectivity index (χ2n) is 6.41. The second kappa shape index (κ2) is 7.39. The van der Waals surface area contributed by atoms with Gasteiger partial charge in [0, 0.05) is 38.3 Å². The summed E-state index contributed by atoms with van der Waals surface area (Å²) in [5, 5.41) is 0. The van der Waals surface area contributed by atoms with E-state index in [1.54, 1.807) is 18.3 Å². The number of nitrogens with zero attached hydrogens (tertiary/aromatic N) is 4. The third-order valence-corrected chi connectivity index (χ3v) is 4.07. The molecule has 0 aliphatic rings. The van der Waals surface area contributed by atoms with E-state index in [-0.39, 0.29) is 5.91 Å². The minimum absolute atomic E-state index is 0.0535. The summed E-state index contributed by atoms with van der Waals surface area (Å²) in [5.74, 6) is 2.39. The van der Waals surface area contributed by atoms with Crippen LogP contribution in [-0.4, -0.2) is 41.9 Å². The molecular formula is C20H22N4O2. The van der Waals surface area contributed by atoms with Gasteiger partial charge in [-0.3, -0.25) is 4.79 Å². The van der Waals surface area contributed by atoms with Crippen molar-refractivity contribution in [1.82, 2.24) is 14.9 Å². The minimum Gasteiger partial charge on any atom is -0.464 e. The number of furan rings is 1. The Morgan fingerprint density at radius 1 is 1.04 bits per heavy atom. The van der Waals surface area contributed by atoms with Gasteiger partial charge >= 0.3 is 0 Å². The molecule has 0 N–H and O–H groups in total. The summed E-state index contributed by atoms with van der Waals surface area (Å²) in [5.41, 5.74) is 2.39. The molecule has 0 bridgehead atoms. The van der Waals surface area contributed by atoms with Gasteiger partial charge in [0.25, 0.3) is 5.91 Å². The summed E-state index contributed by atoms with van der Waals surface area (Å²) in [6.45, 7) is 2.32. The highest BCUT2D eigenvalue weighted by Gasteiger charge is 2.14. The van der Waals surface area contributed by atoms with E-state index in [9.17, 15) is 4.79 Å². The van der Waals surface area contributed by atoms with Crippen molar-refractivity contribution in [2.75, 3.05) is 26.0 Å². The predicted octanol–water partition coefficient (Wildman–Crippen LogP) is 3.38. The van der Waals surface area contributed by atoms with Gasteiger partial charge in [-0.2, -0.15) is 0 Å². The summed E-state index contributed by atoms with van der Waals surface area (Å²) in [7, 11) is 5.64. The van der Waals surface area contributed by atoms with E-state index in [0.717, 1.165) is 28.6 Å². The summed E-state index contributed by atoms with van der Waals surface area (Å²) in [6, 6.07) is 13.1. The van der Waals surface area contributed by atoms with Crippen LogP contribution in [0.3, 0.4) is 0 Å². The zero-order valence-corrected chi connectivity index (χ0v) is 15.4. The highest BCUT2D eigenvalue weighted by molar-refractivity contribution is 5.94. The smallest absolute Gasteiger partial charge is 0.254 e. The number of carbonyl (C=O) groups is 1. The number of aryl methyl sites for hydroxylation is 1. The summed E-state index contributed by atoms with van der Waals surface area (Å²) < 4.78 is 5.54. The van der Waals surface area contributed by atoms with E-state index < -0.39 is 0 Å². The van der Waals surface area contributed by atoms with Gasteiger partial charge in [-0.15, -0.1) is 0 Å². The van der Waals surface area contributed by atoms with E-state index in [1.807, 2.05) is 68.4 Å². The first-order valence-corrected chi connectivity index (χ1v) is 8.34. The van der Waals surface area contributed by atoms with Crippen molar-refractivity contribution in [2.24, 2.45) is 0 Å². The van der Waals surface area contributed by atoms with Crippen molar-refractivity contribution in [3.63, 3.8) is 0 Å². The van der Waals surface area contributed by atoms with Gasteiger partial charge in [0.05, 0.1) is 12.2 Å². The van der Waals surface area contributed by atoms with Crippen molar-refractivity contribution in [2.45, 2.75) is 13.5 Å². The number of carbonyl (C=O) groups excluding carboxylic acids is 1. The van der Waals surface area contributed by atoms with Crippen LogP contribution >= 0.6 is 0 Å². The molecule has 6 heteroatoms. The predicted molar refractivity (Wildman–Crippen MR) is 101 cm³/mol. The zero-order chi connectivity index (χ0) is 18.7. The third kappa shape index (κ3) is 3.91. The number of amides is 1. The molecule has 0 saturated heterocycles. The first-order chi connectivity index (χ1) is 12.4. The second-order valence-corrected chi connectivity index (χ2v) is 6.41. The van der Waals surface area contributed by atoms with Gasteiger partial charge in [0.15, 0.2) is 0 Å². The molecule has 134 valence electrons. The highest BCUT2D eigenvalue weighted by Crippen LogP contribution is 2.21. The molecule has 0 atom stereocenters. The van der Waals surface area contributed by atoms with Crippen LogP contribution in [0.1, 0.15) is 21.9 Å². The van der Waals surface area contributed by atoms with E-state index in [0.29, 0.717) is 12.1 Å². The maximum atomic E-state index is 12.6. The van der Waals surface area contributed by atoms with Crippen molar-refractivity contribution < 1.29 is 9.21 Å². The molecule has 1 amide bonds. The van der Waals surface area contributed by atoms with Gasteiger partial charge in [-0.1, -0.05) is 12.1 Å². The van der Waals surface area contributed by atoms with Crippen LogP contribution in [0.4, 0.5) is 5.82 Å². The highest BCUT2D eigenvalue weighted by atomic mass is 16.3. The number of hydrogen-bond donors (Lipinski definition) is 0. The Morgan fingerprint density at radius 3 is 2.38 bits per heavy atom. The van der Waals surface area contributed by atoms with Gasteiger partial charge < -0.3 is 14.2 Å². The third-order valence-electron chi connectivity index (χ3n) is 4.07. The van der Waals surface area contributed by atoms with Gasteiger partial charge in [-0.25, -0.2) is 9.97 Å². The fraction of sp³-hybridized carbons (Fsp3) is 0.250. The van der Waals surface area contributed by atoms with E-state index in [4.69, 9.17) is 4.42 Å². The fourth-order valence-electron chi connectivity index (χ4n) is 2.63. The monoisotopic (exact) mass is 350 g/mol. The normalized spacial score (nSPS) is 10.6. The minimum atomic E-state index is -0.0535. The SMILES string of the molecule is Cc1ccc(CN(C)C(=O)c2ccc(-c3cc(N(C)C)ncn3)cc2)o1. The molecule has 6 nitrogen and oxygen atoms in total. The lowest BCUT2D eigenvalue weighted by Crippen LogP contribution is -2.25. The molecule has 0 spiro atoms. The number of rotatable bonds is 5. The lowest BCUT2D eigenvalue weighted by atomic mass is 10.1. The largest absolute Gasteiger partial charge is 0.464 e. The van der Waals surface area contributed by atoms with E-state index in [1.165, 1.54) is 0 Å². The maximum Gasteiger partial charge on any atom is 0.254 e. The van der Waals surface area contributed by atoms with Crippen molar-refractivity contribution in [3.05, 3.63) is 65.9 Å². The Hall–Kier alpha value is -3.15. The standard InChI is InChI=1S/C20H22N4O2/c1-14-5-10-17(26-14)12-24(4)20(25)16-8-6-15(7-9-16)18-11-19(23(2)3)22-13-21-18/h5-11,13H,12H2,1-4H3. The molecule has 3 rings (SSSR count). The molecule has 0 aliphatic carbocycles. The number of benzene rings is 1. The molecule has 0 saturated carbocycles. The van der Waals surface area contributed by atoms with Crippen LogP contribution in [-0.2, 0) is 6.54 Å². The Bertz CT molecular complexity index is 900. The molecule has 0 fully saturated rings. The number of hydrogen-bond acceptors (Lipinski definition) is 5. The van der Waals surface area contributed by atoms with Crippen LogP contribution in [0.25, 0.3) is 11.3 Å². The summed E-state index contributed by atoms with van der Waals surface area (Å²) in [4.78, 5) is 24.7. The number of aromatic nitrogens is 2. The first-order valence-electron chi connectivity index (χ1n) is 8.34. The summed E-state index contributed by atoms with van der Waals surface area (Å²) >= 11 is 0. The van der Waals surface area contributed by atoms with Gasteiger partial charge in [0.2, 0.25) is 0 Å². The maximum absolute atomic E-state index is 12.6. The van der Waals surface area contributed by atoms with Crippen molar-refractivity contribution in [1.29, 1.82) is 0 Å². The lowest BCUT2D eigenvalue weighted by Gasteiger charge is -2.16. The quantitative estimate of drug-likeness (QED) is 0.706. The molecule has 0 radical (unpaired) electrons. The molecule has 2 heterocycles. The van der Waals surface area contributed by atoms with Crippen LogP contribution in [0, 0.1) is 6.92 Å². The van der Waals surface area contributed by atoms with Gasteiger partial charge in [0.1, 0.15) is 23.7 Å². The molecule has 1 aromatic carbocycles. The van der Waals surface area contributed by atoms with Crippen LogP contribution < -0.4 is 4.90 Å². The first kappa shape index (κ1) is 17.7. The molecule has 0 aliphatic heterocycles. The van der Waals surface area contributed by atoms with E-state index >= 15 is 0 Å². The molecule has 2 aromatic heterocycles. The van der Waals surface area contributed by atoms with Crippen molar-refractivity contribution in [3.8, 4) is 11.3 Å². The fourth-order valence-corrected chi connectivity index (χ4v) is 2.63. The zero-order valence-electron chi connectivity index (χ0n) is 15.4. The van der Waals surface area contributed by atoms with E-state index in [2.05, 4.69) is 9.97 Å². The molecule has 3 aromatic rings. The Morgan fingerprint density at radius 2 is 1.77 bits per heavy atom. The van der Waals surface area contributed by atoms with Crippen LogP contribution in [0.5, 0.6) is 0 Å². The average molecular weight is 350 g/mol. The molecule has 0 unspecified atom stereocenters. The molecule has 26 heavy (non-hydrogen) atoms. The topological polar surface area (TPSA) is 62.5 Å².